The van der Waals surface area contributed by atoms with Gasteiger partial charge in [-0.2, -0.15) is 0 Å². The fourth-order valence-corrected chi connectivity index (χ4v) is 6.40. The standard InChI is InChI=1S/C23H28N8O5/c24-20-28-18-14(9-30-16(32)7-8-17(30)33)26-21(25)31-10-15(23(35,36)22(18,31)29-20)27-19(34)13-6-2-4-11-3-1-5-12(11)13/h2,4,6,14-15,18,35-36H,1,3,5,7-10H2,(H6,24,25,26,27,28,29,34)/p+1/t14-,15?,18-,22-/m0/s1. The van der Waals surface area contributed by atoms with Crippen molar-refractivity contribution in [2.75, 3.05) is 13.1 Å². The van der Waals surface area contributed by atoms with Crippen molar-refractivity contribution < 1.29 is 29.2 Å². The highest BCUT2D eigenvalue weighted by atomic mass is 16.5. The Bertz CT molecular complexity index is 1240. The van der Waals surface area contributed by atoms with Crippen LogP contribution in [0.3, 0.4) is 0 Å². The zero-order valence-electron chi connectivity index (χ0n) is 19.5. The summed E-state index contributed by atoms with van der Waals surface area (Å²) in [5.74, 6) is -3.58. The third kappa shape index (κ3) is 2.99. The molecule has 9 N–H and O–H groups in total. The molecule has 0 radical (unpaired) electrons. The van der Waals surface area contributed by atoms with Gasteiger partial charge < -0.3 is 26.6 Å². The number of guanidine groups is 2. The number of benzene rings is 1. The van der Waals surface area contributed by atoms with Crippen molar-refractivity contribution in [3.63, 3.8) is 0 Å². The van der Waals surface area contributed by atoms with Crippen LogP contribution < -0.4 is 27.4 Å². The molecule has 1 unspecified atom stereocenters. The molecule has 6 rings (SSSR count). The van der Waals surface area contributed by atoms with Crippen molar-refractivity contribution in [1.82, 2.24) is 20.9 Å². The summed E-state index contributed by atoms with van der Waals surface area (Å²) in [7, 11) is 0. The minimum Gasteiger partial charge on any atom is -0.370 e. The van der Waals surface area contributed by atoms with Gasteiger partial charge in [0.25, 0.3) is 5.91 Å². The monoisotopic (exact) mass is 497 g/mol. The molecule has 0 aromatic heterocycles. The lowest BCUT2D eigenvalue weighted by Gasteiger charge is -2.44. The van der Waals surface area contributed by atoms with Crippen molar-refractivity contribution in [1.29, 1.82) is 0 Å². The van der Waals surface area contributed by atoms with Gasteiger partial charge in [-0.1, -0.05) is 12.1 Å². The van der Waals surface area contributed by atoms with Gasteiger partial charge in [0, 0.05) is 18.4 Å². The Morgan fingerprint density at radius 2 is 1.94 bits per heavy atom. The molecule has 4 heterocycles. The number of aliphatic imine (C=N–C) groups is 1. The number of nitrogens with zero attached hydrogens (tertiary/aromatic N) is 3. The van der Waals surface area contributed by atoms with E-state index in [0.29, 0.717) is 5.56 Å². The Hall–Kier alpha value is -3.71. The molecule has 1 spiro atoms. The second-order valence-electron chi connectivity index (χ2n) is 10.0. The zero-order valence-corrected chi connectivity index (χ0v) is 19.5. The van der Waals surface area contributed by atoms with E-state index in [9.17, 15) is 24.6 Å². The number of hydrogen-bond acceptors (Lipinski definition) is 10. The summed E-state index contributed by atoms with van der Waals surface area (Å²) in [6.07, 6.45) is 2.91. The number of nitrogens with two attached hydrogens (primary N) is 2. The van der Waals surface area contributed by atoms with Gasteiger partial charge in [-0.05, 0) is 36.5 Å². The van der Waals surface area contributed by atoms with Crippen LogP contribution in [0, 0.1) is 0 Å². The first-order valence-electron chi connectivity index (χ1n) is 12.1. The number of nitrogens with one attached hydrogen (secondary N) is 3. The van der Waals surface area contributed by atoms with E-state index in [0.717, 1.165) is 35.3 Å². The maximum absolute atomic E-state index is 13.3. The molecule has 13 nitrogen and oxygen atoms in total. The van der Waals surface area contributed by atoms with E-state index in [2.05, 4.69) is 20.9 Å². The minimum atomic E-state index is -2.57. The van der Waals surface area contributed by atoms with Crippen LogP contribution in [0.4, 0.5) is 0 Å². The highest BCUT2D eigenvalue weighted by molar-refractivity contribution is 6.02. The third-order valence-corrected chi connectivity index (χ3v) is 8.10. The Morgan fingerprint density at radius 3 is 2.69 bits per heavy atom. The van der Waals surface area contributed by atoms with Gasteiger partial charge in [-0.15, -0.1) is 0 Å². The van der Waals surface area contributed by atoms with Gasteiger partial charge in [0.15, 0.2) is 5.96 Å². The van der Waals surface area contributed by atoms with Crippen LogP contribution in [0.25, 0.3) is 0 Å². The quantitative estimate of drug-likeness (QED) is 0.125. The van der Waals surface area contributed by atoms with Crippen LogP contribution in [0.2, 0.25) is 0 Å². The number of carbonyl (C=O) groups is 3. The smallest absolute Gasteiger partial charge is 0.346 e. The molecule has 13 heteroatoms. The van der Waals surface area contributed by atoms with Crippen molar-refractivity contribution in [3.05, 3.63) is 34.9 Å². The van der Waals surface area contributed by atoms with Crippen LogP contribution in [-0.2, 0) is 22.4 Å². The van der Waals surface area contributed by atoms with E-state index >= 15 is 0 Å². The van der Waals surface area contributed by atoms with Gasteiger partial charge in [0.1, 0.15) is 18.1 Å². The molecule has 2 fully saturated rings. The minimum absolute atomic E-state index is 0.0484. The molecule has 5 aliphatic rings. The molecule has 190 valence electrons. The summed E-state index contributed by atoms with van der Waals surface area (Å²) < 4.78 is 1.49. The first kappa shape index (κ1) is 22.7. The number of aryl methyl sites for hydroxylation is 1. The Labute approximate surface area is 206 Å². The molecule has 0 bridgehead atoms. The summed E-state index contributed by atoms with van der Waals surface area (Å²) in [6, 6.07) is 2.71. The van der Waals surface area contributed by atoms with Crippen LogP contribution in [0.1, 0.15) is 40.7 Å². The average molecular weight is 498 g/mol. The van der Waals surface area contributed by atoms with E-state index in [1.807, 2.05) is 12.1 Å². The number of rotatable bonds is 4. The number of hydrogen-bond donors (Lipinski definition) is 7. The lowest BCUT2D eigenvalue weighted by atomic mass is 9.85. The molecule has 36 heavy (non-hydrogen) atoms. The molecule has 1 aliphatic carbocycles. The molecule has 2 saturated heterocycles. The number of fused-ring (bicyclic) bond motifs is 1. The number of aliphatic hydroxyl groups is 2. The maximum Gasteiger partial charge on any atom is 0.346 e. The Kier molecular flexibility index (Phi) is 4.83. The normalized spacial score (nSPS) is 32.0. The topological polar surface area (TPSA) is 198 Å². The van der Waals surface area contributed by atoms with Crippen molar-refractivity contribution in [3.8, 4) is 0 Å². The summed E-state index contributed by atoms with van der Waals surface area (Å²) in [5.41, 5.74) is 13.2. The fraction of sp³-hybridized carbons (Fsp3) is 0.522. The van der Waals surface area contributed by atoms with Crippen molar-refractivity contribution in [2.24, 2.45) is 16.5 Å². The Balaban J connectivity index is 1.33. The molecule has 1 aromatic carbocycles. The van der Waals surface area contributed by atoms with Crippen LogP contribution in [0.5, 0.6) is 0 Å². The summed E-state index contributed by atoms with van der Waals surface area (Å²) in [5, 5.41) is 31.9. The van der Waals surface area contributed by atoms with E-state index in [4.69, 9.17) is 11.5 Å². The van der Waals surface area contributed by atoms with Crippen LogP contribution >= 0.6 is 0 Å². The number of amides is 3. The third-order valence-electron chi connectivity index (χ3n) is 8.10. The average Bonchev–Trinajstić information content (AvgIpc) is 3.57. The highest BCUT2D eigenvalue weighted by Gasteiger charge is 2.75. The lowest BCUT2D eigenvalue weighted by Crippen LogP contribution is -2.79. The summed E-state index contributed by atoms with van der Waals surface area (Å²) >= 11 is 0. The highest BCUT2D eigenvalue weighted by Crippen LogP contribution is 2.42. The van der Waals surface area contributed by atoms with Gasteiger partial charge >= 0.3 is 5.96 Å². The zero-order chi connectivity index (χ0) is 25.4. The molecule has 0 saturated carbocycles. The first-order valence-corrected chi connectivity index (χ1v) is 12.1. The molecular formula is C23H29N8O5+. The van der Waals surface area contributed by atoms with E-state index in [1.54, 1.807) is 6.07 Å². The van der Waals surface area contributed by atoms with Gasteiger partial charge in [0.05, 0.1) is 13.1 Å². The van der Waals surface area contributed by atoms with Crippen molar-refractivity contribution in [2.45, 2.75) is 61.7 Å². The van der Waals surface area contributed by atoms with E-state index in [1.165, 1.54) is 4.58 Å². The van der Waals surface area contributed by atoms with E-state index in [-0.39, 0.29) is 49.7 Å². The number of likely N-dealkylation sites (tertiary alicyclic amines) is 1. The number of carbonyl (C=O) groups excluding carboxylic acids is 3. The predicted octanol–water partition coefficient (Wildman–Crippen LogP) is -3.60. The molecule has 4 aliphatic heterocycles. The SMILES string of the molecule is NC1=N[C@H]2[C@H](CN3C(=O)CCC3=O)NC(N)=[N+]3CC(NC(=O)c4cccc5c4CCC5)C(O)(O)[C@]23N1. The number of imide groups is 1. The molecule has 4 atom stereocenters. The first-order chi connectivity index (χ1) is 17.1. The molecule has 3 amide bonds. The molecule has 1 aromatic rings. The second-order valence-corrected chi connectivity index (χ2v) is 10.0. The lowest BCUT2D eigenvalue weighted by molar-refractivity contribution is -0.623. The van der Waals surface area contributed by atoms with Gasteiger partial charge in [0.2, 0.25) is 23.3 Å². The van der Waals surface area contributed by atoms with E-state index < -0.39 is 35.5 Å². The van der Waals surface area contributed by atoms with Crippen LogP contribution in [-0.4, -0.2) is 92.0 Å². The largest absolute Gasteiger partial charge is 0.370 e. The maximum atomic E-state index is 13.3. The summed E-state index contributed by atoms with van der Waals surface area (Å²) in [4.78, 5) is 43.3. The van der Waals surface area contributed by atoms with Gasteiger partial charge in [-0.25, -0.2) is 9.57 Å². The van der Waals surface area contributed by atoms with Crippen molar-refractivity contribution >= 4 is 29.6 Å². The predicted molar refractivity (Wildman–Crippen MR) is 125 cm³/mol. The summed E-state index contributed by atoms with van der Waals surface area (Å²) in [6.45, 7) is -0.118. The fourth-order valence-electron chi connectivity index (χ4n) is 6.40. The van der Waals surface area contributed by atoms with Crippen LogP contribution in [0.15, 0.2) is 23.2 Å². The second kappa shape index (κ2) is 7.64. The Morgan fingerprint density at radius 1 is 1.19 bits per heavy atom. The van der Waals surface area contributed by atoms with Gasteiger partial charge in [-0.3, -0.25) is 30.3 Å². The molecular weight excluding hydrogens is 468 g/mol.